The van der Waals surface area contributed by atoms with Crippen LogP contribution < -0.4 is 5.56 Å². The maximum Gasteiger partial charge on any atom is 0.290 e. The van der Waals surface area contributed by atoms with Crippen LogP contribution in [0.4, 0.5) is 0 Å². The fraction of sp³-hybridized carbons (Fsp3) is 0. The topological polar surface area (TPSA) is 53.1 Å². The second-order valence-corrected chi connectivity index (χ2v) is 6.12. The fourth-order valence-electron chi connectivity index (χ4n) is 3.02. The molecule has 0 saturated carbocycles. The Morgan fingerprint density at radius 3 is 1.50 bits per heavy atom. The molecule has 0 radical (unpaired) electrons. The Morgan fingerprint density at radius 2 is 1.00 bits per heavy atom. The van der Waals surface area contributed by atoms with Gasteiger partial charge in [0, 0.05) is 10.9 Å². The third-order valence-corrected chi connectivity index (χ3v) is 4.35. The van der Waals surface area contributed by atoms with E-state index >= 15 is 0 Å². The molecule has 3 heteroatoms. The van der Waals surface area contributed by atoms with Crippen LogP contribution in [0.25, 0.3) is 32.4 Å². The molecule has 3 nitrogen and oxygen atoms in total. The van der Waals surface area contributed by atoms with Gasteiger partial charge in [0.05, 0.1) is 0 Å². The zero-order chi connectivity index (χ0) is 17.9. The van der Waals surface area contributed by atoms with Crippen LogP contribution in [0.3, 0.4) is 0 Å². The summed E-state index contributed by atoms with van der Waals surface area (Å²) in [4.78, 5) is 13.5. The number of aromatic amines is 1. The number of H-pyrrole nitrogens is 1. The molecular formula is C23H17NO2. The Bertz CT molecular complexity index is 1170. The first-order chi connectivity index (χ1) is 12.7. The van der Waals surface area contributed by atoms with Crippen molar-refractivity contribution in [3.63, 3.8) is 0 Å². The quantitative estimate of drug-likeness (QED) is 0.380. The third kappa shape index (κ3) is 3.15. The standard InChI is InChI=1S/C14H10.C9H7NO2/c1-2-6-12-10-14-8-4-3-7-13(14)9-11(12)5-1;11-8-5-6-3-1-2-4-7(6)10-9(8)12/h1-10H;1-5,11H,(H,10,12). The molecule has 0 aliphatic rings. The summed E-state index contributed by atoms with van der Waals surface area (Å²) in [5, 5.41) is 15.1. The van der Waals surface area contributed by atoms with E-state index in [0.29, 0.717) is 0 Å². The number of rotatable bonds is 0. The molecule has 5 rings (SSSR count). The van der Waals surface area contributed by atoms with E-state index in [1.54, 1.807) is 6.07 Å². The van der Waals surface area contributed by atoms with E-state index in [4.69, 9.17) is 5.11 Å². The predicted molar refractivity (Wildman–Crippen MR) is 108 cm³/mol. The normalized spacial score (nSPS) is 10.6. The van der Waals surface area contributed by atoms with E-state index in [9.17, 15) is 4.79 Å². The Hall–Kier alpha value is -3.59. The number of para-hydroxylation sites is 1. The van der Waals surface area contributed by atoms with Crippen molar-refractivity contribution < 1.29 is 5.11 Å². The Labute approximate surface area is 150 Å². The molecule has 0 unspecified atom stereocenters. The van der Waals surface area contributed by atoms with E-state index < -0.39 is 5.56 Å². The van der Waals surface area contributed by atoms with Gasteiger partial charge in [-0.25, -0.2) is 0 Å². The van der Waals surface area contributed by atoms with Gasteiger partial charge in [-0.15, -0.1) is 0 Å². The monoisotopic (exact) mass is 339 g/mol. The summed E-state index contributed by atoms with van der Waals surface area (Å²) in [6.45, 7) is 0. The number of pyridine rings is 1. The van der Waals surface area contributed by atoms with Crippen LogP contribution in [0, 0.1) is 0 Å². The van der Waals surface area contributed by atoms with Gasteiger partial charge < -0.3 is 10.1 Å². The number of hydrogen-bond acceptors (Lipinski definition) is 2. The fourth-order valence-corrected chi connectivity index (χ4v) is 3.02. The molecule has 1 heterocycles. The SMILES string of the molecule is O=c1[nH]c2ccccc2cc1O.c1ccc2cc3ccccc3cc2c1. The highest BCUT2D eigenvalue weighted by Gasteiger charge is 1.98. The maximum absolute atomic E-state index is 10.9. The van der Waals surface area contributed by atoms with E-state index in [0.717, 1.165) is 10.9 Å². The number of aromatic nitrogens is 1. The lowest BCUT2D eigenvalue weighted by molar-refractivity contribution is 0.468. The highest BCUT2D eigenvalue weighted by atomic mass is 16.3. The minimum Gasteiger partial charge on any atom is -0.503 e. The van der Waals surface area contributed by atoms with Gasteiger partial charge in [0.1, 0.15) is 0 Å². The largest absolute Gasteiger partial charge is 0.503 e. The average Bonchev–Trinajstić information content (AvgIpc) is 2.68. The second-order valence-electron chi connectivity index (χ2n) is 6.12. The number of fused-ring (bicyclic) bond motifs is 3. The van der Waals surface area contributed by atoms with Gasteiger partial charge in [-0.3, -0.25) is 4.79 Å². The summed E-state index contributed by atoms with van der Waals surface area (Å²) >= 11 is 0. The Morgan fingerprint density at radius 1 is 0.577 bits per heavy atom. The molecule has 5 aromatic rings. The lowest BCUT2D eigenvalue weighted by Gasteiger charge is -2.00. The van der Waals surface area contributed by atoms with E-state index in [-0.39, 0.29) is 5.75 Å². The smallest absolute Gasteiger partial charge is 0.290 e. The van der Waals surface area contributed by atoms with Crippen LogP contribution in [-0.4, -0.2) is 10.1 Å². The maximum atomic E-state index is 10.9. The van der Waals surface area contributed by atoms with Crippen LogP contribution in [0.5, 0.6) is 5.75 Å². The Balaban J connectivity index is 0.000000131. The molecule has 126 valence electrons. The molecular weight excluding hydrogens is 322 g/mol. The van der Waals surface area contributed by atoms with Gasteiger partial charge in [-0.2, -0.15) is 0 Å². The lowest BCUT2D eigenvalue weighted by atomic mass is 10.0. The first-order valence-electron chi connectivity index (χ1n) is 8.39. The van der Waals surface area contributed by atoms with E-state index in [1.807, 2.05) is 18.2 Å². The van der Waals surface area contributed by atoms with Crippen molar-refractivity contribution in [1.82, 2.24) is 4.98 Å². The summed E-state index contributed by atoms with van der Waals surface area (Å²) < 4.78 is 0. The summed E-state index contributed by atoms with van der Waals surface area (Å²) in [7, 11) is 0. The molecule has 0 spiro atoms. The van der Waals surface area contributed by atoms with E-state index in [1.165, 1.54) is 27.6 Å². The number of benzene rings is 4. The molecule has 26 heavy (non-hydrogen) atoms. The molecule has 0 saturated heterocycles. The summed E-state index contributed by atoms with van der Waals surface area (Å²) in [6, 6.07) is 30.2. The average molecular weight is 339 g/mol. The van der Waals surface area contributed by atoms with Crippen LogP contribution in [0.1, 0.15) is 0 Å². The van der Waals surface area contributed by atoms with Gasteiger partial charge in [0.25, 0.3) is 5.56 Å². The van der Waals surface area contributed by atoms with Crippen molar-refractivity contribution in [3.05, 3.63) is 101 Å². The molecule has 2 N–H and O–H groups in total. The highest BCUT2D eigenvalue weighted by molar-refractivity contribution is 5.98. The van der Waals surface area contributed by atoms with Crippen LogP contribution in [0.15, 0.2) is 95.8 Å². The number of nitrogens with one attached hydrogen (secondary N) is 1. The molecule has 0 amide bonds. The molecule has 0 bridgehead atoms. The van der Waals surface area contributed by atoms with Gasteiger partial charge in [0.2, 0.25) is 0 Å². The van der Waals surface area contributed by atoms with Gasteiger partial charge >= 0.3 is 0 Å². The van der Waals surface area contributed by atoms with Crippen molar-refractivity contribution in [1.29, 1.82) is 0 Å². The number of aromatic hydroxyl groups is 1. The molecule has 1 aromatic heterocycles. The van der Waals surface area contributed by atoms with E-state index in [2.05, 4.69) is 65.6 Å². The first kappa shape index (κ1) is 15.9. The van der Waals surface area contributed by atoms with Crippen molar-refractivity contribution in [3.8, 4) is 5.75 Å². The summed E-state index contributed by atoms with van der Waals surface area (Å²) in [5.74, 6) is -0.242. The summed E-state index contributed by atoms with van der Waals surface area (Å²) in [6.07, 6.45) is 0. The van der Waals surface area contributed by atoms with Gasteiger partial charge in [-0.05, 0) is 45.8 Å². The minimum absolute atomic E-state index is 0.242. The highest BCUT2D eigenvalue weighted by Crippen LogP contribution is 2.22. The van der Waals surface area contributed by atoms with Crippen molar-refractivity contribution >= 4 is 32.4 Å². The molecule has 0 fully saturated rings. The Kier molecular flexibility index (Phi) is 4.12. The van der Waals surface area contributed by atoms with Crippen LogP contribution in [0.2, 0.25) is 0 Å². The molecule has 0 atom stereocenters. The van der Waals surface area contributed by atoms with Crippen molar-refractivity contribution in [2.75, 3.05) is 0 Å². The first-order valence-corrected chi connectivity index (χ1v) is 8.39. The molecule has 0 aliphatic carbocycles. The van der Waals surface area contributed by atoms with Crippen molar-refractivity contribution in [2.45, 2.75) is 0 Å². The van der Waals surface area contributed by atoms with Gasteiger partial charge in [-0.1, -0.05) is 66.7 Å². The molecule has 0 aliphatic heterocycles. The predicted octanol–water partition coefficient (Wildman–Crippen LogP) is 5.23. The zero-order valence-corrected chi connectivity index (χ0v) is 14.0. The number of hydrogen-bond donors (Lipinski definition) is 2. The minimum atomic E-state index is -0.450. The molecule has 4 aromatic carbocycles. The zero-order valence-electron chi connectivity index (χ0n) is 14.0. The van der Waals surface area contributed by atoms with Crippen LogP contribution in [-0.2, 0) is 0 Å². The van der Waals surface area contributed by atoms with Crippen molar-refractivity contribution in [2.24, 2.45) is 0 Å². The summed E-state index contributed by atoms with van der Waals surface area (Å²) in [5.41, 5.74) is 0.286. The van der Waals surface area contributed by atoms with Crippen LogP contribution >= 0.6 is 0 Å². The lowest BCUT2D eigenvalue weighted by Crippen LogP contribution is -2.03. The second kappa shape index (κ2) is 6.73. The van der Waals surface area contributed by atoms with Gasteiger partial charge in [0.15, 0.2) is 5.75 Å². The third-order valence-electron chi connectivity index (χ3n) is 4.35.